The monoisotopic (exact) mass is 384 g/mol. The molecule has 1 aromatic rings. The van der Waals surface area contributed by atoms with Crippen LogP contribution in [0.1, 0.15) is 43.6 Å². The number of alkyl halides is 1. The van der Waals surface area contributed by atoms with Crippen molar-refractivity contribution < 1.29 is 13.2 Å². The first-order chi connectivity index (χ1) is 12.0. The van der Waals surface area contributed by atoms with Crippen molar-refractivity contribution in [1.82, 2.24) is 9.21 Å². The van der Waals surface area contributed by atoms with Crippen LogP contribution in [-0.4, -0.2) is 55.6 Å². The van der Waals surface area contributed by atoms with Crippen LogP contribution in [0.4, 0.5) is 0 Å². The Kier molecular flexibility index (Phi) is 6.02. The molecule has 0 aromatic heterocycles. The van der Waals surface area contributed by atoms with Gasteiger partial charge in [-0.1, -0.05) is 31.4 Å². The Labute approximate surface area is 155 Å². The lowest BCUT2D eigenvalue weighted by molar-refractivity contribution is -0.129. The first kappa shape index (κ1) is 18.7. The van der Waals surface area contributed by atoms with Crippen molar-refractivity contribution in [2.45, 2.75) is 42.9 Å². The summed E-state index contributed by atoms with van der Waals surface area (Å²) >= 11 is 5.56. The Morgan fingerprint density at radius 1 is 1.00 bits per heavy atom. The van der Waals surface area contributed by atoms with E-state index < -0.39 is 10.0 Å². The first-order valence-electron chi connectivity index (χ1n) is 8.96. The van der Waals surface area contributed by atoms with E-state index in [4.69, 9.17) is 11.6 Å². The molecule has 0 radical (unpaired) electrons. The van der Waals surface area contributed by atoms with E-state index >= 15 is 0 Å². The van der Waals surface area contributed by atoms with Crippen LogP contribution in [0.2, 0.25) is 0 Å². The number of benzene rings is 1. The van der Waals surface area contributed by atoms with Gasteiger partial charge in [-0.15, -0.1) is 11.6 Å². The number of piperazine rings is 1. The number of nitrogens with zero attached hydrogens (tertiary/aromatic N) is 2. The Bertz CT molecular complexity index is 692. The summed E-state index contributed by atoms with van der Waals surface area (Å²) in [6.07, 6.45) is 6.22. The summed E-state index contributed by atoms with van der Waals surface area (Å²) in [6.45, 7) is 1.42. The molecule has 7 heteroatoms. The van der Waals surface area contributed by atoms with E-state index in [9.17, 15) is 13.2 Å². The second-order valence-electron chi connectivity index (χ2n) is 6.82. The minimum Gasteiger partial charge on any atom is -0.339 e. The molecular formula is C18H25ClN2O3S. The fourth-order valence-electron chi connectivity index (χ4n) is 3.76. The maximum Gasteiger partial charge on any atom is 0.243 e. The van der Waals surface area contributed by atoms with Gasteiger partial charge in [-0.3, -0.25) is 4.79 Å². The molecule has 1 amide bonds. The number of amides is 1. The number of halogens is 1. The average molecular weight is 385 g/mol. The highest BCUT2D eigenvalue weighted by Crippen LogP contribution is 2.33. The summed E-state index contributed by atoms with van der Waals surface area (Å²) in [6, 6.07) is 7.40. The van der Waals surface area contributed by atoms with E-state index in [0.717, 1.165) is 0 Å². The standard InChI is InChI=1S/C18H25ClN2O3S/c19-14-18(22)20-10-12-21(13-11-20)25(23,24)17-8-6-16(7-9-17)15-4-2-1-3-5-15/h6-9,15H,1-5,10-14H2. The average Bonchev–Trinajstić information content (AvgIpc) is 2.68. The van der Waals surface area contributed by atoms with E-state index in [0.29, 0.717) is 37.0 Å². The molecule has 0 atom stereocenters. The van der Waals surface area contributed by atoms with Gasteiger partial charge in [0.25, 0.3) is 0 Å². The van der Waals surface area contributed by atoms with Crippen LogP contribution in [0.25, 0.3) is 0 Å². The zero-order valence-electron chi connectivity index (χ0n) is 14.4. The van der Waals surface area contributed by atoms with Crippen molar-refractivity contribution in [1.29, 1.82) is 0 Å². The van der Waals surface area contributed by atoms with Crippen LogP contribution >= 0.6 is 11.6 Å². The highest BCUT2D eigenvalue weighted by atomic mass is 35.5. The summed E-state index contributed by atoms with van der Waals surface area (Å²) in [5.74, 6) is 0.362. The molecule has 3 rings (SSSR count). The molecule has 0 N–H and O–H groups in total. The van der Waals surface area contributed by atoms with Gasteiger partial charge in [0, 0.05) is 26.2 Å². The third-order valence-electron chi connectivity index (χ3n) is 5.30. The third-order valence-corrected chi connectivity index (χ3v) is 7.44. The smallest absolute Gasteiger partial charge is 0.243 e. The third kappa shape index (κ3) is 4.18. The summed E-state index contributed by atoms with van der Waals surface area (Å²) in [4.78, 5) is 13.6. The maximum atomic E-state index is 12.8. The molecule has 1 aromatic carbocycles. The zero-order valence-corrected chi connectivity index (χ0v) is 15.9. The fourth-order valence-corrected chi connectivity index (χ4v) is 5.35. The van der Waals surface area contributed by atoms with Gasteiger partial charge in [-0.05, 0) is 36.5 Å². The first-order valence-corrected chi connectivity index (χ1v) is 10.9. The van der Waals surface area contributed by atoms with Gasteiger partial charge < -0.3 is 4.90 Å². The predicted molar refractivity (Wildman–Crippen MR) is 98.3 cm³/mol. The molecule has 5 nitrogen and oxygen atoms in total. The van der Waals surface area contributed by atoms with Crippen molar-refractivity contribution in [2.24, 2.45) is 0 Å². The fraction of sp³-hybridized carbons (Fsp3) is 0.611. The summed E-state index contributed by atoms with van der Waals surface area (Å²) in [5, 5.41) is 0. The zero-order chi connectivity index (χ0) is 17.9. The van der Waals surface area contributed by atoms with E-state index in [2.05, 4.69) is 0 Å². The van der Waals surface area contributed by atoms with E-state index in [1.807, 2.05) is 12.1 Å². The number of rotatable bonds is 4. The normalized spacial score (nSPS) is 20.6. The minimum absolute atomic E-state index is 0.0601. The summed E-state index contributed by atoms with van der Waals surface area (Å²) in [5.41, 5.74) is 1.25. The van der Waals surface area contributed by atoms with Gasteiger partial charge in [0.2, 0.25) is 15.9 Å². The van der Waals surface area contributed by atoms with Crippen LogP contribution in [0.3, 0.4) is 0 Å². The minimum atomic E-state index is -3.50. The summed E-state index contributed by atoms with van der Waals surface area (Å²) < 4.78 is 27.1. The molecule has 1 aliphatic carbocycles. The SMILES string of the molecule is O=C(CCl)N1CCN(S(=O)(=O)c2ccc(C3CCCCC3)cc2)CC1. The molecule has 2 fully saturated rings. The van der Waals surface area contributed by atoms with Gasteiger partial charge in [0.05, 0.1) is 4.90 Å². The Morgan fingerprint density at radius 2 is 1.60 bits per heavy atom. The molecule has 138 valence electrons. The lowest BCUT2D eigenvalue weighted by atomic mass is 9.84. The van der Waals surface area contributed by atoms with Gasteiger partial charge in [0.1, 0.15) is 5.88 Å². The van der Waals surface area contributed by atoms with Crippen LogP contribution in [-0.2, 0) is 14.8 Å². The number of hydrogen-bond acceptors (Lipinski definition) is 3. The molecule has 1 aliphatic heterocycles. The largest absolute Gasteiger partial charge is 0.339 e. The van der Waals surface area contributed by atoms with Gasteiger partial charge in [-0.25, -0.2) is 8.42 Å². The maximum absolute atomic E-state index is 12.8. The molecule has 2 aliphatic rings. The topological polar surface area (TPSA) is 57.7 Å². The van der Waals surface area contributed by atoms with E-state index in [1.165, 1.54) is 42.0 Å². The number of carbonyl (C=O) groups is 1. The van der Waals surface area contributed by atoms with Crippen LogP contribution < -0.4 is 0 Å². The molecule has 1 heterocycles. The van der Waals surface area contributed by atoms with Gasteiger partial charge in [-0.2, -0.15) is 4.31 Å². The molecule has 1 saturated carbocycles. The molecule has 0 spiro atoms. The quantitative estimate of drug-likeness (QED) is 0.750. The Morgan fingerprint density at radius 3 is 2.16 bits per heavy atom. The van der Waals surface area contributed by atoms with Crippen molar-refractivity contribution in [2.75, 3.05) is 32.1 Å². The lowest BCUT2D eigenvalue weighted by Gasteiger charge is -2.33. The Balaban J connectivity index is 1.67. The van der Waals surface area contributed by atoms with Crippen LogP contribution in [0, 0.1) is 0 Å². The lowest BCUT2D eigenvalue weighted by Crippen LogP contribution is -2.50. The highest BCUT2D eigenvalue weighted by Gasteiger charge is 2.30. The second kappa shape index (κ2) is 8.06. The predicted octanol–water partition coefficient (Wildman–Crippen LogP) is 2.81. The van der Waals surface area contributed by atoms with Gasteiger partial charge >= 0.3 is 0 Å². The Hall–Kier alpha value is -1.11. The number of sulfonamides is 1. The highest BCUT2D eigenvalue weighted by molar-refractivity contribution is 7.89. The molecule has 1 saturated heterocycles. The van der Waals surface area contributed by atoms with Crippen molar-refractivity contribution >= 4 is 27.5 Å². The van der Waals surface area contributed by atoms with Crippen molar-refractivity contribution in [3.63, 3.8) is 0 Å². The van der Waals surface area contributed by atoms with E-state index in [-0.39, 0.29) is 11.8 Å². The van der Waals surface area contributed by atoms with Gasteiger partial charge in [0.15, 0.2) is 0 Å². The summed E-state index contributed by atoms with van der Waals surface area (Å²) in [7, 11) is -3.50. The van der Waals surface area contributed by atoms with Crippen LogP contribution in [0.5, 0.6) is 0 Å². The number of hydrogen-bond donors (Lipinski definition) is 0. The molecule has 0 bridgehead atoms. The van der Waals surface area contributed by atoms with E-state index in [1.54, 1.807) is 17.0 Å². The number of carbonyl (C=O) groups excluding carboxylic acids is 1. The second-order valence-corrected chi connectivity index (χ2v) is 9.03. The van der Waals surface area contributed by atoms with Crippen molar-refractivity contribution in [3.05, 3.63) is 29.8 Å². The van der Waals surface area contributed by atoms with Crippen LogP contribution in [0.15, 0.2) is 29.2 Å². The molecular weight excluding hydrogens is 360 g/mol. The van der Waals surface area contributed by atoms with Crippen molar-refractivity contribution in [3.8, 4) is 0 Å². The molecule has 0 unspecified atom stereocenters. The molecule has 25 heavy (non-hydrogen) atoms.